The molecule has 11 nitrogen and oxygen atoms in total. The van der Waals surface area contributed by atoms with Crippen LogP contribution >= 0.6 is 7.82 Å². The van der Waals surface area contributed by atoms with Gasteiger partial charge in [-0.1, -0.05) is 148 Å². The van der Waals surface area contributed by atoms with Gasteiger partial charge in [0.15, 0.2) is 6.10 Å². The maximum atomic E-state index is 12.6. The minimum Gasteiger partial charge on any atom is -0.548 e. The van der Waals surface area contributed by atoms with Crippen LogP contribution in [0.15, 0.2) is 12.2 Å². The Balaban J connectivity index is 0. The first-order chi connectivity index (χ1) is 27.3. The number of carboxylic acids is 1. The zero-order valence-electron chi connectivity index (χ0n) is 39.3. The van der Waals surface area contributed by atoms with E-state index in [2.05, 4.69) is 17.5 Å². The Labute approximate surface area is 348 Å². The molecule has 0 bridgehead atoms. The van der Waals surface area contributed by atoms with Crippen molar-refractivity contribution in [1.29, 1.82) is 0 Å². The number of hydrogen-bond donors (Lipinski definition) is 2. The molecule has 3 atom stereocenters. The molecule has 0 aliphatic rings. The molecule has 0 aromatic rings. The van der Waals surface area contributed by atoms with Crippen molar-refractivity contribution >= 4 is 25.7 Å². The summed E-state index contributed by atoms with van der Waals surface area (Å²) in [4.78, 5) is 45.7. The summed E-state index contributed by atoms with van der Waals surface area (Å²) in [5, 5.41) is 10.8. The molecule has 0 saturated carbocycles. The number of aliphatic carboxylic acids is 1. The third-order valence-corrected chi connectivity index (χ3v) is 9.24. The Bertz CT molecular complexity index is 1200. The van der Waals surface area contributed by atoms with Gasteiger partial charge in [0, 0.05) is 22.4 Å². The van der Waals surface area contributed by atoms with Gasteiger partial charge in [0.25, 0.3) is 0 Å². The van der Waals surface area contributed by atoms with Gasteiger partial charge in [0.1, 0.15) is 6.61 Å². The van der Waals surface area contributed by atoms with E-state index in [1.54, 1.807) is 0 Å². The average molecular weight is 777 g/mol. The number of hydrogen-bond acceptors (Lipinski definition) is 10. The van der Waals surface area contributed by atoms with Gasteiger partial charge >= 0.3 is 49.3 Å². The number of allylic oxidation sites excluding steroid dienone is 2. The van der Waals surface area contributed by atoms with Gasteiger partial charge in [-0.05, 0) is 38.5 Å². The van der Waals surface area contributed by atoms with E-state index in [-0.39, 0.29) is 48.8 Å². The van der Waals surface area contributed by atoms with Crippen molar-refractivity contribution in [3.63, 3.8) is 0 Å². The summed E-state index contributed by atoms with van der Waals surface area (Å²) < 4.78 is 85.3. The summed E-state index contributed by atoms with van der Waals surface area (Å²) in [6.45, 7) is -2.72. The molecule has 300 valence electrons. The van der Waals surface area contributed by atoms with Crippen molar-refractivity contribution in [3.8, 4) is 0 Å². The minimum absolute atomic E-state index is 0. The summed E-state index contributed by atoms with van der Waals surface area (Å²) >= 11 is 0. The Hall–Kier alpha value is -0.780. The second kappa shape index (κ2) is 38.5. The van der Waals surface area contributed by atoms with Crippen molar-refractivity contribution in [2.75, 3.05) is 19.8 Å². The maximum Gasteiger partial charge on any atom is 1.00 e. The largest absolute Gasteiger partial charge is 1.00 e. The van der Waals surface area contributed by atoms with Gasteiger partial charge < -0.3 is 30.0 Å². The maximum absolute atomic E-state index is 12.6. The first kappa shape index (κ1) is 40.9. The molecular weight excluding hydrogens is 696 g/mol. The standard InChI is InChI=1S/C39H74NO10P.Na/c1-3-5-7-9-11-13-15-17-18-19-21-23-25-27-29-31-38(42)50-35(33-48-51(45,46)49-34-36(40)39(43)44)32-47-37(41)30-28-26-24-22-20-16-14-12-10-8-6-4-2;/h17-18,35-36H,3-16,19-34,40H2,1-2H3,(H,43,44)(H,45,46);/q;+1/p-1/b18-17-;/t35-,36+;/m1./s1/i1D3,3D2,5D2;. The molecule has 13 heteroatoms. The zero-order chi connectivity index (χ0) is 43.9. The van der Waals surface area contributed by atoms with Crippen molar-refractivity contribution in [1.82, 2.24) is 0 Å². The molecule has 0 amide bonds. The van der Waals surface area contributed by atoms with Crippen LogP contribution in [-0.4, -0.2) is 54.8 Å². The van der Waals surface area contributed by atoms with E-state index >= 15 is 0 Å². The monoisotopic (exact) mass is 777 g/mol. The number of nitrogens with two attached hydrogens (primary N) is 1. The minimum atomic E-state index is -4.79. The molecule has 0 rings (SSSR count). The number of phosphoric acid groups is 1. The van der Waals surface area contributed by atoms with Crippen LogP contribution in [0.4, 0.5) is 0 Å². The molecule has 0 aliphatic heterocycles. The quantitative estimate of drug-likeness (QED) is 0.0256. The van der Waals surface area contributed by atoms with Crippen LogP contribution in [0.2, 0.25) is 0 Å². The summed E-state index contributed by atoms with van der Waals surface area (Å²) in [7, 11) is -4.79. The number of esters is 2. The fourth-order valence-corrected chi connectivity index (χ4v) is 5.98. The van der Waals surface area contributed by atoms with Crippen LogP contribution in [0.25, 0.3) is 0 Å². The van der Waals surface area contributed by atoms with Crippen LogP contribution in [0.5, 0.6) is 0 Å². The molecule has 0 aromatic carbocycles. The number of phosphoric ester groups is 1. The number of ether oxygens (including phenoxy) is 2. The van der Waals surface area contributed by atoms with E-state index in [0.717, 1.165) is 64.2 Å². The summed E-state index contributed by atoms with van der Waals surface area (Å²) in [5.74, 6) is -2.78. The van der Waals surface area contributed by atoms with Gasteiger partial charge in [-0.15, -0.1) is 0 Å². The van der Waals surface area contributed by atoms with E-state index in [9.17, 15) is 28.9 Å². The number of carbonyl (C=O) groups excluding carboxylic acids is 3. The van der Waals surface area contributed by atoms with Gasteiger partial charge in [0.2, 0.25) is 0 Å². The molecule has 0 aliphatic carbocycles. The number of unbranched alkanes of at least 4 members (excludes halogenated alkanes) is 19. The third kappa shape index (κ3) is 37.5. The molecule has 0 spiro atoms. The number of carboxylic acid groups (broad SMARTS) is 1. The summed E-state index contributed by atoms with van der Waals surface area (Å²) in [6.07, 6.45) is 19.1. The van der Waals surface area contributed by atoms with Crippen molar-refractivity contribution in [2.24, 2.45) is 5.73 Å². The first-order valence-electron chi connectivity index (χ1n) is 22.8. The molecule has 3 N–H and O–H groups in total. The van der Waals surface area contributed by atoms with Gasteiger partial charge in [-0.3, -0.25) is 18.6 Å². The van der Waals surface area contributed by atoms with Crippen LogP contribution in [-0.2, 0) is 37.5 Å². The van der Waals surface area contributed by atoms with Gasteiger partial charge in [-0.2, -0.15) is 0 Å². The summed E-state index contributed by atoms with van der Waals surface area (Å²) in [6, 6.07) is -1.67. The van der Waals surface area contributed by atoms with Crippen molar-refractivity contribution < 1.29 is 86.6 Å². The molecule has 0 aromatic heterocycles. The predicted molar refractivity (Wildman–Crippen MR) is 201 cm³/mol. The molecule has 0 saturated heterocycles. The molecule has 1 unspecified atom stereocenters. The van der Waals surface area contributed by atoms with Crippen LogP contribution in [0.1, 0.15) is 197 Å². The van der Waals surface area contributed by atoms with E-state index in [4.69, 9.17) is 29.3 Å². The zero-order valence-corrected chi connectivity index (χ0v) is 35.1. The number of carbonyl (C=O) groups is 3. The van der Waals surface area contributed by atoms with E-state index in [1.807, 2.05) is 6.08 Å². The molecule has 0 fully saturated rings. The topological polar surface area (TPSA) is 175 Å². The molecular formula is C39H73NNaO10P. The van der Waals surface area contributed by atoms with E-state index < -0.39 is 77.3 Å². The Morgan fingerprint density at radius 1 is 0.731 bits per heavy atom. The second-order valence-corrected chi connectivity index (χ2v) is 14.6. The normalized spacial score (nSPS) is 16.5. The van der Waals surface area contributed by atoms with Crippen molar-refractivity contribution in [3.05, 3.63) is 12.2 Å². The smallest absolute Gasteiger partial charge is 0.548 e. The van der Waals surface area contributed by atoms with Crippen LogP contribution in [0.3, 0.4) is 0 Å². The molecule has 52 heavy (non-hydrogen) atoms. The van der Waals surface area contributed by atoms with Crippen LogP contribution in [0, 0.1) is 0 Å². The predicted octanol–water partition coefficient (Wildman–Crippen LogP) is 5.78. The first-order valence-corrected chi connectivity index (χ1v) is 20.8. The second-order valence-electron chi connectivity index (χ2n) is 13.1. The fraction of sp³-hybridized carbons (Fsp3) is 0.872. The average Bonchev–Trinajstić information content (AvgIpc) is 3.14. The SMILES string of the molecule is [2H]C([2H])([2H])C([2H])([2H])C([2H])([2H])CCCCC/C=C\CCCCCCCC(=O)O[C@H](COC(=O)CCCCCCCCCCCCCC)COP(=O)(O)OC[C@H](N)C(=O)[O-].[Na+]. The van der Waals surface area contributed by atoms with Gasteiger partial charge in [0.05, 0.1) is 25.2 Å². The Kier molecular flexibility index (Phi) is 30.3. The Morgan fingerprint density at radius 2 is 1.19 bits per heavy atom. The molecule has 0 heterocycles. The van der Waals surface area contributed by atoms with Crippen LogP contribution < -0.4 is 40.4 Å². The molecule has 0 radical (unpaired) electrons. The van der Waals surface area contributed by atoms with E-state index in [1.165, 1.54) is 51.4 Å². The van der Waals surface area contributed by atoms with Crippen molar-refractivity contribution in [2.45, 2.75) is 199 Å². The summed E-state index contributed by atoms with van der Waals surface area (Å²) in [5.41, 5.74) is 5.25. The van der Waals surface area contributed by atoms with E-state index in [0.29, 0.717) is 25.7 Å². The Morgan fingerprint density at radius 3 is 1.71 bits per heavy atom. The third-order valence-electron chi connectivity index (χ3n) is 8.29. The fourth-order valence-electron chi connectivity index (χ4n) is 5.20. The van der Waals surface area contributed by atoms with Gasteiger partial charge in [-0.25, -0.2) is 4.57 Å². The number of rotatable bonds is 38.